The molecule has 0 aliphatic rings. The van der Waals surface area contributed by atoms with Crippen molar-refractivity contribution in [2.24, 2.45) is 5.92 Å². The average molecular weight is 247 g/mol. The molecule has 0 spiro atoms. The second kappa shape index (κ2) is 7.54. The molecule has 0 saturated heterocycles. The number of nitrogens with two attached hydrogens (primary N) is 1. The van der Waals surface area contributed by atoms with E-state index in [1.165, 1.54) is 6.08 Å². The second-order valence-electron chi connectivity index (χ2n) is 4.32. The first-order chi connectivity index (χ1) is 8.65. The molecule has 0 heterocycles. The summed E-state index contributed by atoms with van der Waals surface area (Å²) in [5, 5.41) is 0. The molecule has 3 nitrogen and oxygen atoms in total. The largest absolute Gasteiger partial charge is 0.462 e. The minimum Gasteiger partial charge on any atom is -0.462 e. The van der Waals surface area contributed by atoms with Crippen LogP contribution in [0.5, 0.6) is 0 Å². The zero-order chi connectivity index (χ0) is 13.4. The van der Waals surface area contributed by atoms with Gasteiger partial charge in [0, 0.05) is 11.8 Å². The summed E-state index contributed by atoms with van der Waals surface area (Å²) in [7, 11) is 0. The minimum atomic E-state index is -0.302. The van der Waals surface area contributed by atoms with Crippen molar-refractivity contribution in [2.45, 2.75) is 26.7 Å². The molecule has 0 fully saturated rings. The maximum absolute atomic E-state index is 11.5. The summed E-state index contributed by atoms with van der Waals surface area (Å²) in [6.45, 7) is 4.70. The van der Waals surface area contributed by atoms with E-state index in [4.69, 9.17) is 10.5 Å². The molecule has 0 aliphatic carbocycles. The Kier molecular flexibility index (Phi) is 5.98. The quantitative estimate of drug-likeness (QED) is 0.477. The minimum absolute atomic E-state index is 0.302. The Balaban J connectivity index is 2.45. The van der Waals surface area contributed by atoms with Crippen molar-refractivity contribution in [1.82, 2.24) is 0 Å². The van der Waals surface area contributed by atoms with E-state index in [0.29, 0.717) is 18.2 Å². The molecule has 0 bridgehead atoms. The number of nitrogen functional groups attached to an aromatic ring is 1. The zero-order valence-corrected chi connectivity index (χ0v) is 11.1. The van der Waals surface area contributed by atoms with Gasteiger partial charge in [-0.05, 0) is 29.7 Å². The van der Waals surface area contributed by atoms with E-state index in [1.54, 1.807) is 6.08 Å². The van der Waals surface area contributed by atoms with Crippen molar-refractivity contribution in [3.05, 3.63) is 35.9 Å². The highest BCUT2D eigenvalue weighted by Gasteiger charge is 2.05. The smallest absolute Gasteiger partial charge is 0.330 e. The summed E-state index contributed by atoms with van der Waals surface area (Å²) in [5.74, 6) is 0.152. The van der Waals surface area contributed by atoms with Gasteiger partial charge in [-0.3, -0.25) is 0 Å². The molecular weight excluding hydrogens is 226 g/mol. The van der Waals surface area contributed by atoms with Crippen LogP contribution in [0.3, 0.4) is 0 Å². The Morgan fingerprint density at radius 1 is 1.39 bits per heavy atom. The van der Waals surface area contributed by atoms with E-state index < -0.39 is 0 Å². The predicted octanol–water partition coefficient (Wildman–Crippen LogP) is 3.26. The van der Waals surface area contributed by atoms with Gasteiger partial charge in [0.25, 0.3) is 0 Å². The van der Waals surface area contributed by atoms with Crippen molar-refractivity contribution < 1.29 is 9.53 Å². The molecule has 98 valence electrons. The van der Waals surface area contributed by atoms with Crippen molar-refractivity contribution in [3.63, 3.8) is 0 Å². The van der Waals surface area contributed by atoms with Crippen LogP contribution in [0, 0.1) is 5.92 Å². The third-order valence-corrected chi connectivity index (χ3v) is 2.94. The van der Waals surface area contributed by atoms with Crippen LogP contribution >= 0.6 is 0 Å². The highest BCUT2D eigenvalue weighted by Crippen LogP contribution is 2.10. The molecule has 0 aromatic heterocycles. The lowest BCUT2D eigenvalue weighted by molar-refractivity contribution is -0.139. The van der Waals surface area contributed by atoms with Gasteiger partial charge in [-0.2, -0.15) is 0 Å². The summed E-state index contributed by atoms with van der Waals surface area (Å²) in [4.78, 5) is 11.5. The molecule has 18 heavy (non-hydrogen) atoms. The maximum atomic E-state index is 11.5. The lowest BCUT2D eigenvalue weighted by Gasteiger charge is -2.11. The second-order valence-corrected chi connectivity index (χ2v) is 4.32. The topological polar surface area (TPSA) is 52.3 Å². The molecule has 1 rings (SSSR count). The molecule has 0 radical (unpaired) electrons. The summed E-state index contributed by atoms with van der Waals surface area (Å²) >= 11 is 0. The molecule has 0 amide bonds. The average Bonchev–Trinajstić information content (AvgIpc) is 2.37. The Labute approximate surface area is 109 Å². The molecular formula is C15H21NO2. The van der Waals surface area contributed by atoms with E-state index in [2.05, 4.69) is 13.8 Å². The number of esters is 1. The fraction of sp³-hybridized carbons (Fsp3) is 0.400. The monoisotopic (exact) mass is 247 g/mol. The fourth-order valence-corrected chi connectivity index (χ4v) is 1.60. The standard InChI is InChI=1S/C15H21NO2/c1-3-12(4-2)11-18-15(17)9-8-13-6-5-7-14(16)10-13/h5-10,12H,3-4,11,16H2,1-2H3/b9-8+. The van der Waals surface area contributed by atoms with Crippen LogP contribution in [0.15, 0.2) is 30.3 Å². The Bertz CT molecular complexity index is 409. The Hall–Kier alpha value is -1.77. The summed E-state index contributed by atoms with van der Waals surface area (Å²) in [5.41, 5.74) is 7.23. The van der Waals surface area contributed by atoms with E-state index >= 15 is 0 Å². The van der Waals surface area contributed by atoms with Gasteiger partial charge in [0.2, 0.25) is 0 Å². The van der Waals surface area contributed by atoms with Gasteiger partial charge in [-0.15, -0.1) is 0 Å². The number of rotatable bonds is 6. The van der Waals surface area contributed by atoms with Crippen LogP contribution in [0.2, 0.25) is 0 Å². The normalized spacial score (nSPS) is 11.1. The lowest BCUT2D eigenvalue weighted by atomic mass is 10.1. The van der Waals surface area contributed by atoms with Crippen LogP contribution in [-0.2, 0) is 9.53 Å². The number of carbonyl (C=O) groups is 1. The fourth-order valence-electron chi connectivity index (χ4n) is 1.60. The molecule has 1 aromatic rings. The number of hydrogen-bond acceptors (Lipinski definition) is 3. The van der Waals surface area contributed by atoms with Gasteiger partial charge >= 0.3 is 5.97 Å². The molecule has 0 saturated carbocycles. The van der Waals surface area contributed by atoms with Crippen LogP contribution < -0.4 is 5.73 Å². The van der Waals surface area contributed by atoms with Crippen LogP contribution in [0.4, 0.5) is 5.69 Å². The molecule has 2 N–H and O–H groups in total. The first kappa shape index (κ1) is 14.3. The molecule has 3 heteroatoms. The number of carbonyl (C=O) groups excluding carboxylic acids is 1. The molecule has 0 aliphatic heterocycles. The molecule has 0 atom stereocenters. The van der Waals surface area contributed by atoms with Gasteiger partial charge in [-0.1, -0.05) is 38.8 Å². The molecule has 1 aromatic carbocycles. The number of anilines is 1. The zero-order valence-electron chi connectivity index (χ0n) is 11.1. The van der Waals surface area contributed by atoms with Crippen LogP contribution in [-0.4, -0.2) is 12.6 Å². The predicted molar refractivity (Wildman–Crippen MR) is 74.9 cm³/mol. The van der Waals surface area contributed by atoms with Gasteiger partial charge in [-0.25, -0.2) is 4.79 Å². The van der Waals surface area contributed by atoms with Gasteiger partial charge in [0.05, 0.1) is 6.61 Å². The lowest BCUT2D eigenvalue weighted by Crippen LogP contribution is -2.11. The number of ether oxygens (including phenoxy) is 1. The van der Waals surface area contributed by atoms with Gasteiger partial charge in [0.1, 0.15) is 0 Å². The summed E-state index contributed by atoms with van der Waals surface area (Å²) in [6, 6.07) is 7.36. The van der Waals surface area contributed by atoms with Crippen molar-refractivity contribution in [3.8, 4) is 0 Å². The SMILES string of the molecule is CCC(CC)COC(=O)/C=C/c1cccc(N)c1. The van der Waals surface area contributed by atoms with Crippen LogP contribution in [0.25, 0.3) is 6.08 Å². The summed E-state index contributed by atoms with van der Waals surface area (Å²) < 4.78 is 5.18. The number of hydrogen-bond donors (Lipinski definition) is 1. The van der Waals surface area contributed by atoms with Gasteiger partial charge < -0.3 is 10.5 Å². The maximum Gasteiger partial charge on any atom is 0.330 e. The van der Waals surface area contributed by atoms with E-state index in [0.717, 1.165) is 18.4 Å². The van der Waals surface area contributed by atoms with Crippen molar-refractivity contribution in [1.29, 1.82) is 0 Å². The summed E-state index contributed by atoms with van der Waals surface area (Å²) in [6.07, 6.45) is 5.22. The van der Waals surface area contributed by atoms with E-state index in [-0.39, 0.29) is 5.97 Å². The third kappa shape index (κ3) is 5.04. The van der Waals surface area contributed by atoms with E-state index in [9.17, 15) is 4.79 Å². The van der Waals surface area contributed by atoms with E-state index in [1.807, 2.05) is 24.3 Å². The Morgan fingerprint density at radius 2 is 2.11 bits per heavy atom. The molecule has 0 unspecified atom stereocenters. The van der Waals surface area contributed by atoms with Crippen molar-refractivity contribution >= 4 is 17.7 Å². The highest BCUT2D eigenvalue weighted by atomic mass is 16.5. The number of benzene rings is 1. The van der Waals surface area contributed by atoms with Crippen molar-refractivity contribution in [2.75, 3.05) is 12.3 Å². The first-order valence-electron chi connectivity index (χ1n) is 6.36. The Morgan fingerprint density at radius 3 is 2.72 bits per heavy atom. The first-order valence-corrected chi connectivity index (χ1v) is 6.36. The van der Waals surface area contributed by atoms with Gasteiger partial charge in [0.15, 0.2) is 0 Å². The van der Waals surface area contributed by atoms with Crippen LogP contribution in [0.1, 0.15) is 32.3 Å². The highest BCUT2D eigenvalue weighted by molar-refractivity contribution is 5.87. The third-order valence-electron chi connectivity index (χ3n) is 2.94.